The van der Waals surface area contributed by atoms with Crippen LogP contribution in [0.2, 0.25) is 5.02 Å². The maximum absolute atomic E-state index is 11.6. The third-order valence-electron chi connectivity index (χ3n) is 3.11. The molecule has 0 heterocycles. The van der Waals surface area contributed by atoms with Crippen molar-refractivity contribution in [3.63, 3.8) is 0 Å². The third kappa shape index (κ3) is 3.93. The number of anilines is 1. The van der Waals surface area contributed by atoms with E-state index in [4.69, 9.17) is 11.6 Å². The van der Waals surface area contributed by atoms with Crippen LogP contribution in [0.15, 0.2) is 24.3 Å². The summed E-state index contributed by atoms with van der Waals surface area (Å²) in [6, 6.07) is 7.00. The third-order valence-corrected chi connectivity index (χ3v) is 3.34. The lowest BCUT2D eigenvalue weighted by Crippen LogP contribution is -2.32. The molecule has 4 heteroatoms. The molecule has 0 saturated heterocycles. The summed E-state index contributed by atoms with van der Waals surface area (Å²) in [5.74, 6) is 0.653. The summed E-state index contributed by atoms with van der Waals surface area (Å²) < 4.78 is 0. The highest BCUT2D eigenvalue weighted by molar-refractivity contribution is 6.30. The first kappa shape index (κ1) is 12.2. The highest BCUT2D eigenvalue weighted by Gasteiger charge is 2.15. The number of rotatable bonds is 3. The molecule has 92 valence electrons. The van der Waals surface area contributed by atoms with Crippen LogP contribution in [-0.2, 0) is 0 Å². The van der Waals surface area contributed by atoms with Crippen LogP contribution < -0.4 is 10.6 Å². The molecule has 1 aliphatic rings. The van der Waals surface area contributed by atoms with Crippen molar-refractivity contribution in [1.82, 2.24) is 5.32 Å². The van der Waals surface area contributed by atoms with Crippen LogP contribution in [0.4, 0.5) is 10.5 Å². The van der Waals surface area contributed by atoms with E-state index in [0.717, 1.165) is 12.2 Å². The Kier molecular flexibility index (Phi) is 4.26. The van der Waals surface area contributed by atoms with E-state index in [2.05, 4.69) is 10.6 Å². The van der Waals surface area contributed by atoms with Crippen LogP contribution in [0.3, 0.4) is 0 Å². The van der Waals surface area contributed by atoms with Crippen LogP contribution in [0, 0.1) is 5.92 Å². The summed E-state index contributed by atoms with van der Waals surface area (Å²) in [5.41, 5.74) is 0.724. The van der Waals surface area contributed by atoms with Gasteiger partial charge in [-0.2, -0.15) is 0 Å². The molecule has 0 radical (unpaired) electrons. The zero-order valence-electron chi connectivity index (χ0n) is 9.71. The Morgan fingerprint density at radius 2 is 2.12 bits per heavy atom. The molecule has 0 aromatic heterocycles. The van der Waals surface area contributed by atoms with Crippen molar-refractivity contribution in [2.45, 2.75) is 25.7 Å². The normalized spacial score (nSPS) is 15.8. The van der Waals surface area contributed by atoms with Crippen LogP contribution in [0.5, 0.6) is 0 Å². The first-order valence-corrected chi connectivity index (χ1v) is 6.42. The lowest BCUT2D eigenvalue weighted by Gasteiger charge is -2.11. The second kappa shape index (κ2) is 5.92. The van der Waals surface area contributed by atoms with E-state index in [1.807, 2.05) is 12.1 Å². The van der Waals surface area contributed by atoms with Crippen molar-refractivity contribution >= 4 is 23.3 Å². The molecule has 3 nitrogen and oxygen atoms in total. The molecule has 1 saturated carbocycles. The van der Waals surface area contributed by atoms with Gasteiger partial charge in [0.15, 0.2) is 0 Å². The van der Waals surface area contributed by atoms with Gasteiger partial charge in [0.05, 0.1) is 0 Å². The van der Waals surface area contributed by atoms with Crippen molar-refractivity contribution in [3.05, 3.63) is 29.3 Å². The van der Waals surface area contributed by atoms with Gasteiger partial charge in [0.25, 0.3) is 0 Å². The minimum absolute atomic E-state index is 0.154. The van der Waals surface area contributed by atoms with Gasteiger partial charge in [0.2, 0.25) is 0 Å². The highest BCUT2D eigenvalue weighted by atomic mass is 35.5. The van der Waals surface area contributed by atoms with Crippen molar-refractivity contribution in [1.29, 1.82) is 0 Å². The average molecular weight is 253 g/mol. The predicted molar refractivity (Wildman–Crippen MR) is 70.4 cm³/mol. The molecule has 1 aliphatic carbocycles. The van der Waals surface area contributed by atoms with Crippen molar-refractivity contribution < 1.29 is 4.79 Å². The fraction of sp³-hybridized carbons (Fsp3) is 0.462. The molecule has 2 amide bonds. The van der Waals surface area contributed by atoms with Gasteiger partial charge in [-0.3, -0.25) is 0 Å². The van der Waals surface area contributed by atoms with E-state index in [0.29, 0.717) is 10.9 Å². The summed E-state index contributed by atoms with van der Waals surface area (Å²) >= 11 is 5.84. The smallest absolute Gasteiger partial charge is 0.319 e. The molecular formula is C13H17ClN2O. The van der Waals surface area contributed by atoms with Crippen LogP contribution in [0.25, 0.3) is 0 Å². The largest absolute Gasteiger partial charge is 0.338 e. The van der Waals surface area contributed by atoms with Gasteiger partial charge in [0, 0.05) is 17.3 Å². The van der Waals surface area contributed by atoms with Gasteiger partial charge in [-0.15, -0.1) is 0 Å². The van der Waals surface area contributed by atoms with Gasteiger partial charge in [0.1, 0.15) is 0 Å². The molecule has 2 rings (SSSR count). The second-order valence-electron chi connectivity index (χ2n) is 4.50. The minimum atomic E-state index is -0.154. The Balaban J connectivity index is 1.76. The average Bonchev–Trinajstić information content (AvgIpc) is 2.79. The lowest BCUT2D eigenvalue weighted by molar-refractivity contribution is 0.250. The molecule has 1 aromatic rings. The van der Waals surface area contributed by atoms with Crippen molar-refractivity contribution in [2.24, 2.45) is 5.92 Å². The fourth-order valence-corrected chi connectivity index (χ4v) is 2.38. The van der Waals surface area contributed by atoms with E-state index in [1.165, 1.54) is 25.7 Å². The topological polar surface area (TPSA) is 41.1 Å². The molecule has 0 atom stereocenters. The van der Waals surface area contributed by atoms with Crippen molar-refractivity contribution in [3.8, 4) is 0 Å². The number of hydrogen-bond acceptors (Lipinski definition) is 1. The number of nitrogens with one attached hydrogen (secondary N) is 2. The Bertz CT molecular complexity index is 389. The molecule has 0 bridgehead atoms. The van der Waals surface area contributed by atoms with E-state index in [9.17, 15) is 4.79 Å². The zero-order valence-corrected chi connectivity index (χ0v) is 10.5. The standard InChI is InChI=1S/C13H17ClN2O/c14-11-6-3-7-12(8-11)16-13(17)15-9-10-4-1-2-5-10/h3,6-8,10H,1-2,4-5,9H2,(H2,15,16,17). The lowest BCUT2D eigenvalue weighted by atomic mass is 10.1. The number of carbonyl (C=O) groups is 1. The SMILES string of the molecule is O=C(NCC1CCCC1)Nc1cccc(Cl)c1. The Hall–Kier alpha value is -1.22. The van der Waals surface area contributed by atoms with Crippen LogP contribution in [0.1, 0.15) is 25.7 Å². The van der Waals surface area contributed by atoms with Gasteiger partial charge in [-0.25, -0.2) is 4.79 Å². The summed E-state index contributed by atoms with van der Waals surface area (Å²) in [6.07, 6.45) is 5.05. The van der Waals surface area contributed by atoms with E-state index in [-0.39, 0.29) is 6.03 Å². The number of hydrogen-bond donors (Lipinski definition) is 2. The molecule has 17 heavy (non-hydrogen) atoms. The van der Waals surface area contributed by atoms with Crippen molar-refractivity contribution in [2.75, 3.05) is 11.9 Å². The minimum Gasteiger partial charge on any atom is -0.338 e. The maximum Gasteiger partial charge on any atom is 0.319 e. The molecule has 1 aromatic carbocycles. The molecule has 0 unspecified atom stereocenters. The van der Waals surface area contributed by atoms with Gasteiger partial charge < -0.3 is 10.6 Å². The molecule has 1 fully saturated rings. The first-order chi connectivity index (χ1) is 8.24. The number of urea groups is 1. The molecular weight excluding hydrogens is 236 g/mol. The first-order valence-electron chi connectivity index (χ1n) is 6.04. The van der Waals surface area contributed by atoms with E-state index in [1.54, 1.807) is 12.1 Å². The quantitative estimate of drug-likeness (QED) is 0.847. The fourth-order valence-electron chi connectivity index (χ4n) is 2.19. The summed E-state index contributed by atoms with van der Waals surface area (Å²) in [6.45, 7) is 0.770. The number of carbonyl (C=O) groups excluding carboxylic acids is 1. The van der Waals surface area contributed by atoms with Crippen LogP contribution in [-0.4, -0.2) is 12.6 Å². The number of amides is 2. The van der Waals surface area contributed by atoms with E-state index < -0.39 is 0 Å². The Morgan fingerprint density at radius 3 is 2.82 bits per heavy atom. The summed E-state index contributed by atoms with van der Waals surface area (Å²) in [5, 5.41) is 6.30. The Labute approximate surface area is 107 Å². The molecule has 0 spiro atoms. The van der Waals surface area contributed by atoms with E-state index >= 15 is 0 Å². The van der Waals surface area contributed by atoms with Gasteiger partial charge in [-0.1, -0.05) is 30.5 Å². The molecule has 0 aliphatic heterocycles. The maximum atomic E-state index is 11.6. The highest BCUT2D eigenvalue weighted by Crippen LogP contribution is 2.23. The summed E-state index contributed by atoms with van der Waals surface area (Å²) in [4.78, 5) is 11.6. The van der Waals surface area contributed by atoms with Crippen LogP contribution >= 0.6 is 11.6 Å². The second-order valence-corrected chi connectivity index (χ2v) is 4.93. The monoisotopic (exact) mass is 252 g/mol. The number of benzene rings is 1. The molecule has 2 N–H and O–H groups in total. The summed E-state index contributed by atoms with van der Waals surface area (Å²) in [7, 11) is 0. The van der Waals surface area contributed by atoms with Gasteiger partial charge in [-0.05, 0) is 37.0 Å². The predicted octanol–water partition coefficient (Wildman–Crippen LogP) is 3.65. The Morgan fingerprint density at radius 1 is 1.35 bits per heavy atom. The zero-order chi connectivity index (χ0) is 12.1. The number of halogens is 1. The van der Waals surface area contributed by atoms with Gasteiger partial charge >= 0.3 is 6.03 Å².